The molecule has 1 aromatic heterocycles. The molecule has 1 atom stereocenters. The van der Waals surface area contributed by atoms with Gasteiger partial charge in [0.05, 0.1) is 22.9 Å². The van der Waals surface area contributed by atoms with E-state index in [-0.39, 0.29) is 5.56 Å². The minimum absolute atomic E-state index is 0.257. The number of hydrogen-bond acceptors (Lipinski definition) is 3. The van der Waals surface area contributed by atoms with E-state index in [0.29, 0.717) is 16.7 Å². The minimum atomic E-state index is -1.05. The minimum Gasteiger partial charge on any atom is -0.382 e. The molecule has 1 N–H and O–H groups in total. The third kappa shape index (κ3) is 3.70. The number of nitrogens with zero attached hydrogens (tertiary/aromatic N) is 3. The van der Waals surface area contributed by atoms with Crippen LogP contribution >= 0.6 is 15.9 Å². The Kier molecular flexibility index (Phi) is 5.13. The van der Waals surface area contributed by atoms with Crippen molar-refractivity contribution < 1.29 is 9.50 Å². The lowest BCUT2D eigenvalue weighted by molar-refractivity contribution is 0.200. The number of rotatable bonds is 5. The number of benzene rings is 1. The summed E-state index contributed by atoms with van der Waals surface area (Å²) in [5.41, 5.74) is 1.65. The Morgan fingerprint density at radius 1 is 1.43 bits per heavy atom. The second-order valence-corrected chi connectivity index (χ2v) is 6.19. The zero-order valence-corrected chi connectivity index (χ0v) is 13.9. The topological polar surface area (TPSA) is 41.3 Å². The molecule has 2 rings (SSSR count). The quantitative estimate of drug-likeness (QED) is 0.896. The van der Waals surface area contributed by atoms with Crippen LogP contribution in [0.5, 0.6) is 0 Å². The van der Waals surface area contributed by atoms with Gasteiger partial charge in [0.15, 0.2) is 0 Å². The second-order valence-electron chi connectivity index (χ2n) is 5.33. The van der Waals surface area contributed by atoms with E-state index in [1.54, 1.807) is 23.0 Å². The lowest BCUT2D eigenvalue weighted by Crippen LogP contribution is -2.21. The summed E-state index contributed by atoms with van der Waals surface area (Å²) in [6.45, 7) is 3.22. The Hall–Kier alpha value is -1.24. The summed E-state index contributed by atoms with van der Waals surface area (Å²) in [6.07, 6.45) is 0.574. The van der Waals surface area contributed by atoms with Gasteiger partial charge < -0.3 is 10.0 Å². The Morgan fingerprint density at radius 3 is 2.76 bits per heavy atom. The van der Waals surface area contributed by atoms with Crippen molar-refractivity contribution in [3.63, 3.8) is 0 Å². The summed E-state index contributed by atoms with van der Waals surface area (Å²) >= 11 is 3.38. The maximum absolute atomic E-state index is 14.1. The van der Waals surface area contributed by atoms with Gasteiger partial charge >= 0.3 is 0 Å². The van der Waals surface area contributed by atoms with Gasteiger partial charge in [0.1, 0.15) is 11.9 Å². The van der Waals surface area contributed by atoms with Crippen molar-refractivity contribution in [3.05, 3.63) is 51.5 Å². The zero-order chi connectivity index (χ0) is 15.6. The molecule has 21 heavy (non-hydrogen) atoms. The molecule has 4 nitrogen and oxygen atoms in total. The highest BCUT2D eigenvalue weighted by Gasteiger charge is 2.22. The third-order valence-corrected chi connectivity index (χ3v) is 3.91. The highest BCUT2D eigenvalue weighted by molar-refractivity contribution is 9.10. The fraction of sp³-hybridized carbons (Fsp3) is 0.400. The van der Waals surface area contributed by atoms with E-state index in [9.17, 15) is 9.50 Å². The van der Waals surface area contributed by atoms with E-state index in [0.717, 1.165) is 12.1 Å². The number of aromatic nitrogens is 2. The highest BCUT2D eigenvalue weighted by Crippen LogP contribution is 2.30. The largest absolute Gasteiger partial charge is 0.382 e. The molecular weight excluding hydrogens is 337 g/mol. The number of hydrogen-bond donors (Lipinski definition) is 1. The number of aliphatic hydroxyl groups is 1. The highest BCUT2D eigenvalue weighted by atomic mass is 79.9. The fourth-order valence-electron chi connectivity index (χ4n) is 2.12. The van der Waals surface area contributed by atoms with Gasteiger partial charge in [-0.05, 0) is 48.6 Å². The van der Waals surface area contributed by atoms with E-state index in [4.69, 9.17) is 0 Å². The van der Waals surface area contributed by atoms with Crippen LogP contribution in [0.25, 0.3) is 0 Å². The molecular formula is C15H19BrFN3O. The fourth-order valence-corrected chi connectivity index (χ4v) is 2.63. The average molecular weight is 356 g/mol. The third-order valence-electron chi connectivity index (χ3n) is 3.30. The standard InChI is InChI=1S/C15H19BrFN3O/c1-10-4-5-11(13(17)8-10)15(21)14-12(16)9-18-20(14)7-6-19(2)3/h4-5,8-9,15,21H,6-7H2,1-3H3. The summed E-state index contributed by atoms with van der Waals surface area (Å²) in [4.78, 5) is 2.03. The van der Waals surface area contributed by atoms with Gasteiger partial charge in [-0.2, -0.15) is 5.10 Å². The summed E-state index contributed by atoms with van der Waals surface area (Å²) in [7, 11) is 3.93. The molecule has 0 aliphatic heterocycles. The monoisotopic (exact) mass is 355 g/mol. The van der Waals surface area contributed by atoms with Gasteiger partial charge in [-0.15, -0.1) is 0 Å². The molecule has 0 amide bonds. The molecule has 0 bridgehead atoms. The van der Waals surface area contributed by atoms with Crippen LogP contribution in [-0.2, 0) is 6.54 Å². The molecule has 1 heterocycles. The summed E-state index contributed by atoms with van der Waals surface area (Å²) in [6, 6.07) is 4.83. The first-order chi connectivity index (χ1) is 9.90. The van der Waals surface area contributed by atoms with Crippen molar-refractivity contribution >= 4 is 15.9 Å². The lowest BCUT2D eigenvalue weighted by atomic mass is 10.0. The van der Waals surface area contributed by atoms with Gasteiger partial charge in [0, 0.05) is 12.1 Å². The molecule has 0 aliphatic carbocycles. The molecule has 2 aromatic rings. The number of aryl methyl sites for hydroxylation is 1. The molecule has 1 unspecified atom stereocenters. The number of likely N-dealkylation sites (N-methyl/N-ethyl adjacent to an activating group) is 1. The van der Waals surface area contributed by atoms with Gasteiger partial charge in [0.25, 0.3) is 0 Å². The summed E-state index contributed by atoms with van der Waals surface area (Å²) in [5, 5.41) is 14.8. The molecule has 0 fully saturated rings. The first-order valence-electron chi connectivity index (χ1n) is 6.70. The van der Waals surface area contributed by atoms with Crippen LogP contribution in [0.1, 0.15) is 22.9 Å². The van der Waals surface area contributed by atoms with Crippen molar-refractivity contribution in [2.75, 3.05) is 20.6 Å². The maximum Gasteiger partial charge on any atom is 0.129 e. The van der Waals surface area contributed by atoms with Crippen LogP contribution in [0.15, 0.2) is 28.9 Å². The molecule has 0 radical (unpaired) electrons. The predicted octanol–water partition coefficient (Wildman–Crippen LogP) is 2.74. The molecule has 114 valence electrons. The summed E-state index contributed by atoms with van der Waals surface area (Å²) in [5.74, 6) is -0.408. The van der Waals surface area contributed by atoms with Crippen molar-refractivity contribution in [3.8, 4) is 0 Å². The van der Waals surface area contributed by atoms with Crippen LogP contribution < -0.4 is 0 Å². The molecule has 0 saturated carbocycles. The Balaban J connectivity index is 2.34. The van der Waals surface area contributed by atoms with Crippen LogP contribution in [0, 0.1) is 12.7 Å². The van der Waals surface area contributed by atoms with Crippen LogP contribution in [0.4, 0.5) is 4.39 Å². The Bertz CT molecular complexity index is 627. The van der Waals surface area contributed by atoms with Crippen LogP contribution in [0.3, 0.4) is 0 Å². The van der Waals surface area contributed by atoms with Gasteiger partial charge in [-0.25, -0.2) is 4.39 Å². The van der Waals surface area contributed by atoms with Gasteiger partial charge in [-0.1, -0.05) is 12.1 Å². The van der Waals surface area contributed by atoms with Gasteiger partial charge in [-0.3, -0.25) is 4.68 Å². The van der Waals surface area contributed by atoms with Gasteiger partial charge in [0.2, 0.25) is 0 Å². The lowest BCUT2D eigenvalue weighted by Gasteiger charge is -2.17. The Morgan fingerprint density at radius 2 is 2.14 bits per heavy atom. The molecule has 1 aromatic carbocycles. The first kappa shape index (κ1) is 16.1. The van der Waals surface area contributed by atoms with E-state index in [1.807, 2.05) is 25.9 Å². The number of aliphatic hydroxyl groups excluding tert-OH is 1. The van der Waals surface area contributed by atoms with Crippen molar-refractivity contribution in [2.45, 2.75) is 19.6 Å². The van der Waals surface area contributed by atoms with E-state index < -0.39 is 11.9 Å². The normalized spacial score (nSPS) is 12.9. The first-order valence-corrected chi connectivity index (χ1v) is 7.49. The SMILES string of the molecule is Cc1ccc(C(O)c2c(Br)cnn2CCN(C)C)c(F)c1. The number of halogens is 2. The average Bonchev–Trinajstić information content (AvgIpc) is 2.77. The maximum atomic E-state index is 14.1. The van der Waals surface area contributed by atoms with E-state index in [2.05, 4.69) is 21.0 Å². The Labute approximate surface area is 132 Å². The molecule has 0 aliphatic rings. The van der Waals surface area contributed by atoms with Crippen molar-refractivity contribution in [1.29, 1.82) is 0 Å². The molecule has 6 heteroatoms. The molecule has 0 saturated heterocycles. The second kappa shape index (κ2) is 6.68. The van der Waals surface area contributed by atoms with Crippen molar-refractivity contribution in [1.82, 2.24) is 14.7 Å². The van der Waals surface area contributed by atoms with E-state index >= 15 is 0 Å². The summed E-state index contributed by atoms with van der Waals surface area (Å²) < 4.78 is 16.4. The smallest absolute Gasteiger partial charge is 0.129 e. The van der Waals surface area contributed by atoms with Crippen molar-refractivity contribution in [2.24, 2.45) is 0 Å². The zero-order valence-electron chi connectivity index (χ0n) is 12.3. The predicted molar refractivity (Wildman–Crippen MR) is 83.7 cm³/mol. The van der Waals surface area contributed by atoms with E-state index in [1.165, 1.54) is 6.07 Å². The molecule has 0 spiro atoms. The van der Waals surface area contributed by atoms with Crippen LogP contribution in [-0.4, -0.2) is 40.4 Å². The van der Waals surface area contributed by atoms with Crippen LogP contribution in [0.2, 0.25) is 0 Å².